The summed E-state index contributed by atoms with van der Waals surface area (Å²) < 4.78 is 0. The highest BCUT2D eigenvalue weighted by molar-refractivity contribution is 5.76. The first-order valence-electron chi connectivity index (χ1n) is 10.1. The van der Waals surface area contributed by atoms with Gasteiger partial charge in [-0.3, -0.25) is 4.79 Å². The highest BCUT2D eigenvalue weighted by atomic mass is 16.1. The number of benzene rings is 1. The molecular weight excluding hydrogens is 340 g/mol. The van der Waals surface area contributed by atoms with Gasteiger partial charge in [-0.25, -0.2) is 0 Å². The number of tetrazole rings is 1. The molecule has 1 amide bonds. The van der Waals surface area contributed by atoms with Crippen LogP contribution >= 0.6 is 0 Å². The van der Waals surface area contributed by atoms with Gasteiger partial charge in [0.1, 0.15) is 0 Å². The number of hydrogen-bond donors (Lipinski definition) is 2. The summed E-state index contributed by atoms with van der Waals surface area (Å²) in [5.41, 5.74) is 0.989. The monoisotopic (exact) mass is 368 g/mol. The van der Waals surface area contributed by atoms with Gasteiger partial charge in [0.05, 0.1) is 6.04 Å². The van der Waals surface area contributed by atoms with Gasteiger partial charge in [0.15, 0.2) is 0 Å². The molecule has 2 heterocycles. The minimum atomic E-state index is 0.218. The molecule has 1 aromatic heterocycles. The molecule has 4 rings (SSSR count). The summed E-state index contributed by atoms with van der Waals surface area (Å²) in [4.78, 5) is 14.1. The van der Waals surface area contributed by atoms with Crippen LogP contribution in [0.2, 0.25) is 0 Å². The van der Waals surface area contributed by atoms with Crippen molar-refractivity contribution >= 4 is 5.91 Å². The molecule has 2 aromatic rings. The van der Waals surface area contributed by atoms with Gasteiger partial charge in [0.2, 0.25) is 11.7 Å². The van der Waals surface area contributed by atoms with Crippen LogP contribution < -0.4 is 10.6 Å². The third kappa shape index (κ3) is 4.71. The molecule has 2 fully saturated rings. The number of piperidine rings is 1. The Hall–Kier alpha value is -2.28. The van der Waals surface area contributed by atoms with Crippen molar-refractivity contribution in [3.05, 3.63) is 30.3 Å². The molecule has 1 saturated carbocycles. The number of aromatic nitrogens is 4. The number of rotatable bonds is 5. The number of carbonyl (C=O) groups excluding carboxylic acids is 1. The third-order valence-corrected chi connectivity index (χ3v) is 5.78. The van der Waals surface area contributed by atoms with E-state index in [0.29, 0.717) is 18.2 Å². The maximum absolute atomic E-state index is 12.3. The SMILES string of the molecule is O=C(CC1CCNCC1)NC1CCC(n2nnc(-c3ccccc3)n2)CC1. The van der Waals surface area contributed by atoms with E-state index in [0.717, 1.165) is 57.2 Å². The molecule has 1 aromatic carbocycles. The van der Waals surface area contributed by atoms with Gasteiger partial charge in [-0.1, -0.05) is 30.3 Å². The first-order valence-corrected chi connectivity index (χ1v) is 10.1. The zero-order valence-corrected chi connectivity index (χ0v) is 15.7. The van der Waals surface area contributed by atoms with Gasteiger partial charge in [-0.05, 0) is 62.7 Å². The Morgan fingerprint density at radius 1 is 1.07 bits per heavy atom. The topological polar surface area (TPSA) is 84.7 Å². The van der Waals surface area contributed by atoms with E-state index in [1.165, 1.54) is 0 Å². The standard InChI is InChI=1S/C20H28N6O/c27-19(14-15-10-12-21-13-11-15)22-17-6-8-18(9-7-17)26-24-20(23-25-26)16-4-2-1-3-5-16/h1-5,15,17-18,21H,6-14H2,(H,22,27). The molecule has 0 unspecified atom stereocenters. The van der Waals surface area contributed by atoms with Crippen molar-refractivity contribution in [2.75, 3.05) is 13.1 Å². The quantitative estimate of drug-likeness (QED) is 0.846. The van der Waals surface area contributed by atoms with Crippen molar-refractivity contribution < 1.29 is 4.79 Å². The number of amides is 1. The second-order valence-electron chi connectivity index (χ2n) is 7.77. The fraction of sp³-hybridized carbons (Fsp3) is 0.600. The van der Waals surface area contributed by atoms with Crippen LogP contribution in [0.4, 0.5) is 0 Å². The van der Waals surface area contributed by atoms with Crippen molar-refractivity contribution in [2.45, 2.75) is 57.0 Å². The van der Waals surface area contributed by atoms with E-state index < -0.39 is 0 Å². The van der Waals surface area contributed by atoms with Crippen molar-refractivity contribution in [2.24, 2.45) is 5.92 Å². The molecule has 27 heavy (non-hydrogen) atoms. The lowest BCUT2D eigenvalue weighted by molar-refractivity contribution is -0.123. The molecule has 7 nitrogen and oxygen atoms in total. The summed E-state index contributed by atoms with van der Waals surface area (Å²) in [5.74, 6) is 1.43. The average Bonchev–Trinajstić information content (AvgIpc) is 3.20. The Morgan fingerprint density at radius 2 is 1.81 bits per heavy atom. The second kappa shape index (κ2) is 8.61. The van der Waals surface area contributed by atoms with Crippen molar-refractivity contribution in [3.63, 3.8) is 0 Å². The summed E-state index contributed by atoms with van der Waals surface area (Å²) in [6, 6.07) is 10.5. The van der Waals surface area contributed by atoms with E-state index in [-0.39, 0.29) is 18.0 Å². The zero-order valence-electron chi connectivity index (χ0n) is 15.7. The molecule has 1 aliphatic carbocycles. The molecule has 0 atom stereocenters. The predicted octanol–water partition coefficient (Wildman–Crippen LogP) is 2.33. The maximum Gasteiger partial charge on any atom is 0.220 e. The van der Waals surface area contributed by atoms with Gasteiger partial charge < -0.3 is 10.6 Å². The van der Waals surface area contributed by atoms with Crippen molar-refractivity contribution in [1.29, 1.82) is 0 Å². The lowest BCUT2D eigenvalue weighted by Crippen LogP contribution is -2.40. The lowest BCUT2D eigenvalue weighted by Gasteiger charge is -2.29. The van der Waals surface area contributed by atoms with E-state index in [4.69, 9.17) is 0 Å². The molecule has 0 radical (unpaired) electrons. The highest BCUT2D eigenvalue weighted by Crippen LogP contribution is 2.28. The fourth-order valence-corrected chi connectivity index (χ4v) is 4.17. The Kier molecular flexibility index (Phi) is 5.77. The maximum atomic E-state index is 12.3. The molecule has 7 heteroatoms. The molecule has 2 N–H and O–H groups in total. The summed E-state index contributed by atoms with van der Waals surface area (Å²) in [6.07, 6.45) is 6.80. The van der Waals surface area contributed by atoms with E-state index >= 15 is 0 Å². The number of carbonyl (C=O) groups is 1. The van der Waals surface area contributed by atoms with Crippen LogP contribution in [-0.4, -0.2) is 45.2 Å². The molecule has 144 valence electrons. The van der Waals surface area contributed by atoms with Crippen LogP contribution in [0.15, 0.2) is 30.3 Å². The first-order chi connectivity index (χ1) is 13.3. The second-order valence-corrected chi connectivity index (χ2v) is 7.77. The van der Waals surface area contributed by atoms with Gasteiger partial charge in [0.25, 0.3) is 0 Å². The Morgan fingerprint density at radius 3 is 2.56 bits per heavy atom. The first kappa shape index (κ1) is 18.1. The number of nitrogens with one attached hydrogen (secondary N) is 2. The highest BCUT2D eigenvalue weighted by Gasteiger charge is 2.26. The van der Waals surface area contributed by atoms with Crippen LogP contribution in [0.1, 0.15) is 51.0 Å². The van der Waals surface area contributed by atoms with Crippen LogP contribution in [0.25, 0.3) is 11.4 Å². The molecule has 1 saturated heterocycles. The van der Waals surface area contributed by atoms with Crippen molar-refractivity contribution in [3.8, 4) is 11.4 Å². The number of hydrogen-bond acceptors (Lipinski definition) is 5. The van der Waals surface area contributed by atoms with Crippen LogP contribution in [0, 0.1) is 5.92 Å². The lowest BCUT2D eigenvalue weighted by atomic mass is 9.90. The Bertz CT molecular complexity index is 732. The molecule has 1 aliphatic heterocycles. The predicted molar refractivity (Wildman–Crippen MR) is 103 cm³/mol. The van der Waals surface area contributed by atoms with Crippen LogP contribution in [-0.2, 0) is 4.79 Å². The third-order valence-electron chi connectivity index (χ3n) is 5.78. The summed E-state index contributed by atoms with van der Waals surface area (Å²) in [5, 5.41) is 19.6. The fourth-order valence-electron chi connectivity index (χ4n) is 4.17. The Labute approximate surface area is 159 Å². The van der Waals surface area contributed by atoms with E-state index in [1.807, 2.05) is 30.3 Å². The summed E-state index contributed by atoms with van der Waals surface area (Å²) in [6.45, 7) is 2.08. The van der Waals surface area contributed by atoms with E-state index in [1.54, 1.807) is 4.80 Å². The largest absolute Gasteiger partial charge is 0.353 e. The summed E-state index contributed by atoms with van der Waals surface area (Å²) in [7, 11) is 0. The van der Waals surface area contributed by atoms with Crippen LogP contribution in [0.3, 0.4) is 0 Å². The molecule has 0 spiro atoms. The van der Waals surface area contributed by atoms with E-state index in [2.05, 4.69) is 26.0 Å². The smallest absolute Gasteiger partial charge is 0.220 e. The van der Waals surface area contributed by atoms with Crippen LogP contribution in [0.5, 0.6) is 0 Å². The van der Waals surface area contributed by atoms with Gasteiger partial charge >= 0.3 is 0 Å². The Balaban J connectivity index is 1.25. The summed E-state index contributed by atoms with van der Waals surface area (Å²) >= 11 is 0. The average molecular weight is 368 g/mol. The normalized spacial score (nSPS) is 23.9. The zero-order chi connectivity index (χ0) is 18.5. The van der Waals surface area contributed by atoms with Gasteiger partial charge in [-0.15, -0.1) is 10.2 Å². The van der Waals surface area contributed by atoms with E-state index in [9.17, 15) is 4.79 Å². The minimum Gasteiger partial charge on any atom is -0.353 e. The molecule has 0 bridgehead atoms. The van der Waals surface area contributed by atoms with Gasteiger partial charge in [-0.2, -0.15) is 4.80 Å². The molecule has 2 aliphatic rings. The van der Waals surface area contributed by atoms with Gasteiger partial charge in [0, 0.05) is 18.0 Å². The number of nitrogens with zero attached hydrogens (tertiary/aromatic N) is 4. The van der Waals surface area contributed by atoms with Crippen molar-refractivity contribution in [1.82, 2.24) is 30.8 Å². The minimum absolute atomic E-state index is 0.218. The molecular formula is C20H28N6O.